The summed E-state index contributed by atoms with van der Waals surface area (Å²) in [5.41, 5.74) is 5.26. The van der Waals surface area contributed by atoms with Crippen molar-refractivity contribution in [1.82, 2.24) is 0 Å². The Balaban J connectivity index is 2.83. The summed E-state index contributed by atoms with van der Waals surface area (Å²) < 4.78 is 0.254. The fraction of sp³-hybridized carbons (Fsp3) is 0.833. The van der Waals surface area contributed by atoms with Crippen molar-refractivity contribution in [3.05, 3.63) is 0 Å². The van der Waals surface area contributed by atoms with E-state index in [0.717, 1.165) is 25.8 Å². The Hall–Kier alpha value is 0.360. The molecule has 0 rings (SSSR count). The summed E-state index contributed by atoms with van der Waals surface area (Å²) in [6.45, 7) is 0.745. The highest BCUT2D eigenvalue weighted by Crippen LogP contribution is 2.02. The van der Waals surface area contributed by atoms with Gasteiger partial charge in [-0.1, -0.05) is 6.42 Å². The maximum atomic E-state index is 10.4. The lowest BCUT2D eigenvalue weighted by Crippen LogP contribution is -1.98. The van der Waals surface area contributed by atoms with E-state index in [1.165, 1.54) is 0 Å². The molecule has 0 aromatic carbocycles. The van der Waals surface area contributed by atoms with Crippen molar-refractivity contribution >= 4 is 26.4 Å². The summed E-state index contributed by atoms with van der Waals surface area (Å²) >= 11 is 1.82. The van der Waals surface area contributed by atoms with Crippen LogP contribution in [0.1, 0.15) is 25.7 Å². The van der Waals surface area contributed by atoms with E-state index in [4.69, 9.17) is 5.73 Å². The number of hydrogen-bond donors (Lipinski definition) is 1. The SMILES string of the molecule is NCCCCCC(=O)I. The number of unbranched alkanes of at least 4 members (excludes halogenated alkanes) is 2. The zero-order valence-corrected chi connectivity index (χ0v) is 7.56. The van der Waals surface area contributed by atoms with Crippen molar-refractivity contribution in [2.45, 2.75) is 25.7 Å². The molecule has 54 valence electrons. The minimum Gasteiger partial charge on any atom is -0.330 e. The van der Waals surface area contributed by atoms with Gasteiger partial charge in [0.15, 0.2) is 3.79 Å². The van der Waals surface area contributed by atoms with Crippen LogP contribution in [0.25, 0.3) is 0 Å². The first-order valence-corrected chi connectivity index (χ1v) is 4.23. The lowest BCUT2D eigenvalue weighted by Gasteiger charge is -1.93. The molecule has 0 bridgehead atoms. The van der Waals surface area contributed by atoms with E-state index >= 15 is 0 Å². The minimum atomic E-state index is 0.254. The molecule has 3 heteroatoms. The van der Waals surface area contributed by atoms with Crippen LogP contribution in [0, 0.1) is 0 Å². The Morgan fingerprint density at radius 1 is 1.33 bits per heavy atom. The summed E-state index contributed by atoms with van der Waals surface area (Å²) in [4.78, 5) is 10.4. The van der Waals surface area contributed by atoms with Crippen LogP contribution in [-0.4, -0.2) is 10.3 Å². The molecule has 0 fully saturated rings. The van der Waals surface area contributed by atoms with Gasteiger partial charge in [0, 0.05) is 6.42 Å². The van der Waals surface area contributed by atoms with Gasteiger partial charge in [0.2, 0.25) is 0 Å². The normalized spacial score (nSPS) is 9.56. The first kappa shape index (κ1) is 9.36. The summed E-state index contributed by atoms with van der Waals surface area (Å²) in [7, 11) is 0. The summed E-state index contributed by atoms with van der Waals surface area (Å²) in [5.74, 6) is 0. The van der Waals surface area contributed by atoms with Crippen molar-refractivity contribution in [3.63, 3.8) is 0 Å². The predicted octanol–water partition coefficient (Wildman–Crippen LogP) is 1.47. The number of carbonyl (C=O) groups is 1. The number of carbonyl (C=O) groups excluding carboxylic acids is 1. The second-order valence-corrected chi connectivity index (χ2v) is 3.16. The summed E-state index contributed by atoms with van der Waals surface area (Å²) in [6, 6.07) is 0. The van der Waals surface area contributed by atoms with E-state index in [1.54, 1.807) is 0 Å². The molecular formula is C6H12INO. The molecule has 0 radical (unpaired) electrons. The Kier molecular flexibility index (Phi) is 6.74. The monoisotopic (exact) mass is 241 g/mol. The average Bonchev–Trinajstić information content (AvgIpc) is 1.80. The van der Waals surface area contributed by atoms with Crippen molar-refractivity contribution in [1.29, 1.82) is 0 Å². The maximum Gasteiger partial charge on any atom is 0.192 e. The van der Waals surface area contributed by atoms with Crippen molar-refractivity contribution in [2.24, 2.45) is 5.73 Å². The molecule has 0 aliphatic carbocycles. The van der Waals surface area contributed by atoms with Crippen LogP contribution < -0.4 is 5.73 Å². The van der Waals surface area contributed by atoms with Crippen LogP contribution in [-0.2, 0) is 4.79 Å². The van der Waals surface area contributed by atoms with Crippen molar-refractivity contribution < 1.29 is 4.79 Å². The first-order valence-electron chi connectivity index (χ1n) is 3.15. The van der Waals surface area contributed by atoms with Gasteiger partial charge in [-0.3, -0.25) is 4.79 Å². The zero-order chi connectivity index (χ0) is 7.11. The quantitative estimate of drug-likeness (QED) is 0.450. The molecule has 0 aliphatic heterocycles. The van der Waals surface area contributed by atoms with Gasteiger partial charge >= 0.3 is 0 Å². The van der Waals surface area contributed by atoms with Gasteiger partial charge in [-0.2, -0.15) is 0 Å². The predicted molar refractivity (Wildman–Crippen MR) is 46.5 cm³/mol. The van der Waals surface area contributed by atoms with Crippen LogP contribution in [0.2, 0.25) is 0 Å². The third kappa shape index (κ3) is 8.36. The Labute approximate surface area is 69.3 Å². The van der Waals surface area contributed by atoms with Crippen LogP contribution in [0.15, 0.2) is 0 Å². The minimum absolute atomic E-state index is 0.254. The number of hydrogen-bond acceptors (Lipinski definition) is 2. The lowest BCUT2D eigenvalue weighted by molar-refractivity contribution is -0.109. The molecule has 9 heavy (non-hydrogen) atoms. The topological polar surface area (TPSA) is 43.1 Å². The number of nitrogens with two attached hydrogens (primary N) is 1. The van der Waals surface area contributed by atoms with Gasteiger partial charge in [-0.15, -0.1) is 0 Å². The largest absolute Gasteiger partial charge is 0.330 e. The van der Waals surface area contributed by atoms with E-state index in [2.05, 4.69) is 0 Å². The molecule has 0 amide bonds. The second kappa shape index (κ2) is 6.48. The summed E-state index contributed by atoms with van der Waals surface area (Å²) in [6.07, 6.45) is 3.84. The number of rotatable bonds is 5. The maximum absolute atomic E-state index is 10.4. The number of halogens is 1. The van der Waals surface area contributed by atoms with Crippen LogP contribution in [0.3, 0.4) is 0 Å². The highest BCUT2D eigenvalue weighted by atomic mass is 127. The molecule has 0 atom stereocenters. The molecule has 0 heterocycles. The van der Waals surface area contributed by atoms with Gasteiger partial charge in [0.1, 0.15) is 0 Å². The van der Waals surface area contributed by atoms with Gasteiger partial charge < -0.3 is 5.73 Å². The van der Waals surface area contributed by atoms with Crippen LogP contribution in [0.4, 0.5) is 0 Å². The first-order chi connectivity index (χ1) is 4.27. The molecular weight excluding hydrogens is 229 g/mol. The molecule has 0 unspecified atom stereocenters. The van der Waals surface area contributed by atoms with E-state index < -0.39 is 0 Å². The molecule has 0 spiro atoms. The molecule has 0 aromatic heterocycles. The summed E-state index contributed by atoms with van der Waals surface area (Å²) in [5, 5.41) is 0. The van der Waals surface area contributed by atoms with E-state index in [9.17, 15) is 4.79 Å². The highest BCUT2D eigenvalue weighted by Gasteiger charge is 1.92. The Morgan fingerprint density at radius 3 is 2.44 bits per heavy atom. The van der Waals surface area contributed by atoms with E-state index in [1.807, 2.05) is 22.6 Å². The van der Waals surface area contributed by atoms with Crippen molar-refractivity contribution in [3.8, 4) is 0 Å². The van der Waals surface area contributed by atoms with E-state index in [-0.39, 0.29) is 3.79 Å². The lowest BCUT2D eigenvalue weighted by atomic mass is 10.2. The van der Waals surface area contributed by atoms with Gasteiger partial charge in [0.25, 0.3) is 0 Å². The smallest absolute Gasteiger partial charge is 0.192 e. The van der Waals surface area contributed by atoms with Gasteiger partial charge in [0.05, 0.1) is 0 Å². The van der Waals surface area contributed by atoms with Gasteiger partial charge in [-0.25, -0.2) is 0 Å². The fourth-order valence-corrected chi connectivity index (χ4v) is 0.966. The van der Waals surface area contributed by atoms with Crippen LogP contribution >= 0.6 is 22.6 Å². The molecule has 0 saturated heterocycles. The fourth-order valence-electron chi connectivity index (χ4n) is 0.585. The second-order valence-electron chi connectivity index (χ2n) is 1.95. The zero-order valence-electron chi connectivity index (χ0n) is 5.40. The average molecular weight is 241 g/mol. The Morgan fingerprint density at radius 2 is 2.00 bits per heavy atom. The molecule has 0 aliphatic rings. The van der Waals surface area contributed by atoms with Crippen LogP contribution in [0.5, 0.6) is 0 Å². The van der Waals surface area contributed by atoms with Gasteiger partial charge in [-0.05, 0) is 42.0 Å². The molecule has 2 nitrogen and oxygen atoms in total. The third-order valence-corrected chi connectivity index (χ3v) is 1.62. The van der Waals surface area contributed by atoms with E-state index in [0.29, 0.717) is 6.42 Å². The highest BCUT2D eigenvalue weighted by molar-refractivity contribution is 14.1. The molecule has 0 aromatic rings. The molecule has 2 N–H and O–H groups in total. The molecule has 0 saturated carbocycles. The third-order valence-electron chi connectivity index (χ3n) is 1.08. The Bertz CT molecular complexity index is 85.1. The standard InChI is InChI=1S/C6H12INO/c7-6(9)4-2-1-3-5-8/h1-5,8H2. The van der Waals surface area contributed by atoms with Crippen molar-refractivity contribution in [2.75, 3.05) is 6.54 Å².